The third kappa shape index (κ3) is 11.1. The van der Waals surface area contributed by atoms with E-state index in [1.54, 1.807) is 18.2 Å². The molecule has 2 aromatic rings. The lowest BCUT2D eigenvalue weighted by atomic mass is 9.74. The molecule has 2 unspecified atom stereocenters. The number of alkyl halides is 6. The molecule has 2 aromatic carbocycles. The highest BCUT2D eigenvalue weighted by molar-refractivity contribution is 6.31. The molecule has 4 aliphatic rings. The summed E-state index contributed by atoms with van der Waals surface area (Å²) >= 11 is 12.3. The van der Waals surface area contributed by atoms with Crippen LogP contribution >= 0.6 is 23.2 Å². The molecule has 12 nitrogen and oxygen atoms in total. The molecule has 3 N–H and O–H groups in total. The molecule has 2 aliphatic carbocycles. The van der Waals surface area contributed by atoms with Crippen LogP contribution in [0.4, 0.5) is 40.3 Å². The average molecular weight is 966 g/mol. The molecule has 356 valence electrons. The van der Waals surface area contributed by atoms with Gasteiger partial charge in [-0.3, -0.25) is 9.59 Å². The number of carbonyl (C=O) groups is 6. The number of nitrogens with zero attached hydrogens (tertiary/aromatic N) is 2. The first-order valence-corrected chi connectivity index (χ1v) is 22.4. The Morgan fingerprint density at radius 1 is 0.785 bits per heavy atom. The van der Waals surface area contributed by atoms with Gasteiger partial charge in [0.25, 0.3) is 0 Å². The Labute approximate surface area is 379 Å². The molecule has 0 bridgehead atoms. The standard InChI is InChI=1S/C44H49Cl2F7N4O8/c1-2-65-40(62)34-30(38(59)57(34)42(64)54-35(43(48,49)50)24-8-4-3-5-9-24)16-14-22-18-27(21-28(45)19-22)25-11-6-12-26(20-25)36(44(51,52)53)55-41(63)56-33(39(60)61)29(37(56)58)17-15-23-10-7-13-31(46)32(23)47/h7,10,13,18-19,21,24-26,29-30,33-36H,2-6,8-9,11-12,14-17,20H2,1H3,(H,54,64)(H,55,63)(H,60,61)/t25?,26?,29-,30-,33+,34+,35+,36+/m1/s1. The van der Waals surface area contributed by atoms with Gasteiger partial charge in [0, 0.05) is 5.02 Å². The van der Waals surface area contributed by atoms with E-state index in [0.717, 1.165) is 6.42 Å². The van der Waals surface area contributed by atoms with E-state index in [4.69, 9.17) is 27.9 Å². The number of hydrogen-bond acceptors (Lipinski definition) is 7. The van der Waals surface area contributed by atoms with E-state index < -0.39 is 108 Å². The van der Waals surface area contributed by atoms with Crippen molar-refractivity contribution in [1.29, 1.82) is 0 Å². The number of carboxylic acids is 1. The Balaban J connectivity index is 1.11. The van der Waals surface area contributed by atoms with E-state index >= 15 is 0 Å². The highest BCUT2D eigenvalue weighted by Crippen LogP contribution is 2.44. The molecular formula is C44H49Cl2F7N4O8. The van der Waals surface area contributed by atoms with E-state index in [1.807, 2.05) is 10.6 Å². The molecule has 6 amide bonds. The Hall–Kier alpha value is -4.65. The van der Waals surface area contributed by atoms with Crippen molar-refractivity contribution < 1.29 is 69.3 Å². The molecule has 2 aliphatic heterocycles. The molecule has 2 saturated carbocycles. The summed E-state index contributed by atoms with van der Waals surface area (Å²) in [5, 5.41) is 13.7. The summed E-state index contributed by atoms with van der Waals surface area (Å²) in [6.07, 6.45) is -7.17. The molecule has 2 heterocycles. The van der Waals surface area contributed by atoms with Crippen LogP contribution in [0.1, 0.15) is 100 Å². The lowest BCUT2D eigenvalue weighted by molar-refractivity contribution is -0.174. The molecule has 21 heteroatoms. The third-order valence-electron chi connectivity index (χ3n) is 13.2. The van der Waals surface area contributed by atoms with Crippen LogP contribution in [0, 0.1) is 29.5 Å². The Kier molecular flexibility index (Phi) is 15.7. The lowest BCUT2D eigenvalue weighted by Crippen LogP contribution is -2.70. The van der Waals surface area contributed by atoms with Crippen LogP contribution in [0.3, 0.4) is 0 Å². The number of aliphatic carboxylic acids is 1. The minimum atomic E-state index is -5.02. The Bertz CT molecular complexity index is 2140. The van der Waals surface area contributed by atoms with E-state index in [1.165, 1.54) is 25.1 Å². The summed E-state index contributed by atoms with van der Waals surface area (Å²) in [6.45, 7) is 1.36. The van der Waals surface area contributed by atoms with Crippen LogP contribution in [0.25, 0.3) is 0 Å². The van der Waals surface area contributed by atoms with E-state index in [0.29, 0.717) is 35.3 Å². The van der Waals surface area contributed by atoms with Gasteiger partial charge in [-0.25, -0.2) is 33.4 Å². The summed E-state index contributed by atoms with van der Waals surface area (Å²) in [5.41, 5.74) is 1.15. The number of rotatable bonds is 14. The lowest BCUT2D eigenvalue weighted by Gasteiger charge is -2.44. The molecule has 0 spiro atoms. The summed E-state index contributed by atoms with van der Waals surface area (Å²) < 4.78 is 106. The zero-order valence-corrected chi connectivity index (χ0v) is 36.7. The van der Waals surface area contributed by atoms with Crippen molar-refractivity contribution in [3.05, 3.63) is 69.0 Å². The van der Waals surface area contributed by atoms with Crippen LogP contribution in [-0.2, 0) is 36.8 Å². The minimum Gasteiger partial charge on any atom is -0.480 e. The van der Waals surface area contributed by atoms with Crippen LogP contribution in [0.5, 0.6) is 0 Å². The largest absolute Gasteiger partial charge is 0.480 e. The van der Waals surface area contributed by atoms with Crippen molar-refractivity contribution in [2.45, 2.75) is 133 Å². The molecule has 65 heavy (non-hydrogen) atoms. The Morgan fingerprint density at radius 2 is 1.35 bits per heavy atom. The zero-order valence-electron chi connectivity index (χ0n) is 35.2. The maximum atomic E-state index is 14.7. The predicted octanol–water partition coefficient (Wildman–Crippen LogP) is 9.13. The van der Waals surface area contributed by atoms with Crippen molar-refractivity contribution in [2.75, 3.05) is 6.61 Å². The van der Waals surface area contributed by atoms with Crippen molar-refractivity contribution >= 4 is 59.0 Å². The van der Waals surface area contributed by atoms with Gasteiger partial charge in [-0.1, -0.05) is 67.1 Å². The van der Waals surface area contributed by atoms with Gasteiger partial charge in [0.2, 0.25) is 11.8 Å². The molecule has 4 fully saturated rings. The average Bonchev–Trinajstić information content (AvgIpc) is 3.23. The van der Waals surface area contributed by atoms with Crippen LogP contribution in [0.15, 0.2) is 36.4 Å². The summed E-state index contributed by atoms with van der Waals surface area (Å²) in [4.78, 5) is 79.0. The van der Waals surface area contributed by atoms with Crippen molar-refractivity contribution in [2.24, 2.45) is 23.7 Å². The number of benzene rings is 2. The molecule has 6 rings (SSSR count). The molecule has 0 radical (unpaired) electrons. The second kappa shape index (κ2) is 20.5. The van der Waals surface area contributed by atoms with Gasteiger partial charge in [0.15, 0.2) is 12.1 Å². The summed E-state index contributed by atoms with van der Waals surface area (Å²) in [6, 6.07) is -1.94. The normalized spacial score (nSPS) is 25.0. The SMILES string of the molecule is CCOC(=O)[C@@H]1[C@@H](CCc2cc(Cl)cc(C3CCCC([C@H](NC(=O)N4C(=O)[C@H](CCc5cccc(Cl)c5F)[C@H]4C(=O)O)C(F)(F)F)C3)c2)C(=O)N1C(=O)N[C@@H](C1CCCCC1)C(F)(F)F. The fourth-order valence-electron chi connectivity index (χ4n) is 9.96. The molecule has 8 atom stereocenters. The first kappa shape index (κ1) is 49.8. The Morgan fingerprint density at radius 3 is 1.95 bits per heavy atom. The van der Waals surface area contributed by atoms with Gasteiger partial charge in [-0.15, -0.1) is 0 Å². The number of hydrogen-bond donors (Lipinski definition) is 3. The number of urea groups is 2. The van der Waals surface area contributed by atoms with Crippen molar-refractivity contribution in [3.63, 3.8) is 0 Å². The maximum absolute atomic E-state index is 14.7. The number of likely N-dealkylation sites (tertiary alicyclic amines) is 2. The fourth-order valence-corrected chi connectivity index (χ4v) is 10.4. The smallest absolute Gasteiger partial charge is 0.408 e. The number of aryl methyl sites for hydroxylation is 2. The predicted molar refractivity (Wildman–Crippen MR) is 220 cm³/mol. The first-order valence-electron chi connectivity index (χ1n) is 21.6. The highest BCUT2D eigenvalue weighted by Gasteiger charge is 2.58. The number of halogens is 9. The van der Waals surface area contributed by atoms with Gasteiger partial charge in [-0.05, 0) is 117 Å². The first-order chi connectivity index (χ1) is 30.6. The van der Waals surface area contributed by atoms with Crippen molar-refractivity contribution in [1.82, 2.24) is 20.4 Å². The summed E-state index contributed by atoms with van der Waals surface area (Å²) in [5.74, 6) is -10.3. The van der Waals surface area contributed by atoms with Crippen LogP contribution < -0.4 is 10.6 Å². The number of ether oxygens (including phenoxy) is 1. The van der Waals surface area contributed by atoms with Crippen molar-refractivity contribution in [3.8, 4) is 0 Å². The second-order valence-corrected chi connectivity index (χ2v) is 18.1. The molecular weight excluding hydrogens is 916 g/mol. The number of esters is 1. The van der Waals surface area contributed by atoms with Gasteiger partial charge < -0.3 is 20.5 Å². The second-order valence-electron chi connectivity index (χ2n) is 17.3. The quantitative estimate of drug-likeness (QED) is 0.0960. The van der Waals surface area contributed by atoms with E-state index in [9.17, 15) is 64.6 Å². The van der Waals surface area contributed by atoms with Crippen LogP contribution in [-0.4, -0.2) is 93.8 Å². The third-order valence-corrected chi connectivity index (χ3v) is 13.7. The van der Waals surface area contributed by atoms with E-state index in [-0.39, 0.29) is 84.9 Å². The minimum absolute atomic E-state index is 0.0198. The van der Waals surface area contributed by atoms with Crippen LogP contribution in [0.2, 0.25) is 10.0 Å². The number of nitrogens with one attached hydrogen (secondary N) is 2. The molecule has 0 aromatic heterocycles. The topological polar surface area (TPSA) is 162 Å². The number of β-lactam (4-membered cyclic amide) rings is 2. The van der Waals surface area contributed by atoms with Gasteiger partial charge in [-0.2, -0.15) is 26.3 Å². The zero-order chi connectivity index (χ0) is 47.5. The summed E-state index contributed by atoms with van der Waals surface area (Å²) in [7, 11) is 0. The van der Waals surface area contributed by atoms with Gasteiger partial charge in [0.05, 0.1) is 23.5 Å². The fraction of sp³-hybridized carbons (Fsp3) is 0.591. The number of carboxylic acid groups (broad SMARTS) is 1. The highest BCUT2D eigenvalue weighted by atomic mass is 35.5. The molecule has 2 saturated heterocycles. The number of imide groups is 2. The number of amides is 6. The number of carbonyl (C=O) groups excluding carboxylic acids is 5. The van der Waals surface area contributed by atoms with E-state index in [2.05, 4.69) is 0 Å². The maximum Gasteiger partial charge on any atom is 0.408 e. The van der Waals surface area contributed by atoms with Gasteiger partial charge in [0.1, 0.15) is 17.9 Å². The monoisotopic (exact) mass is 964 g/mol. The van der Waals surface area contributed by atoms with Gasteiger partial charge >= 0.3 is 36.4 Å².